The molecule has 0 atom stereocenters. The first-order chi connectivity index (χ1) is 3.70. The smallest absolute Gasteiger partial charge is 0.101 e. The highest BCUT2D eigenvalue weighted by Gasteiger charge is 2.08. The summed E-state index contributed by atoms with van der Waals surface area (Å²) >= 11 is 0. The highest BCUT2D eigenvalue weighted by atomic mass is 15.2. The molecular formula is C6H10N2. The van der Waals surface area contributed by atoms with Crippen molar-refractivity contribution in [1.29, 1.82) is 0 Å². The van der Waals surface area contributed by atoms with Gasteiger partial charge in [-0.25, -0.2) is 4.99 Å². The number of aliphatic imine (C=N–C) groups is 1. The quantitative estimate of drug-likeness (QED) is 0.451. The Morgan fingerprint density at radius 1 is 1.75 bits per heavy atom. The molecule has 0 N–H and O–H groups in total. The molecule has 0 fully saturated rings. The SMILES string of the molecule is C=C1CN(C)C(C)=N1. The Hall–Kier alpha value is -0.790. The molecule has 1 heterocycles. The van der Waals surface area contributed by atoms with E-state index < -0.39 is 0 Å². The Balaban J connectivity index is 2.73. The Kier molecular flexibility index (Phi) is 1.08. The molecule has 8 heavy (non-hydrogen) atoms. The van der Waals surface area contributed by atoms with Crippen LogP contribution < -0.4 is 0 Å². The molecule has 0 unspecified atom stereocenters. The van der Waals surface area contributed by atoms with E-state index in [1.165, 1.54) is 0 Å². The fourth-order valence-electron chi connectivity index (χ4n) is 0.738. The minimum absolute atomic E-state index is 0.895. The van der Waals surface area contributed by atoms with E-state index in [9.17, 15) is 0 Å². The number of amidine groups is 1. The van der Waals surface area contributed by atoms with Crippen molar-refractivity contribution in [3.05, 3.63) is 12.3 Å². The van der Waals surface area contributed by atoms with Gasteiger partial charge in [-0.3, -0.25) is 0 Å². The summed E-state index contributed by atoms with van der Waals surface area (Å²) in [6, 6.07) is 0. The molecule has 0 spiro atoms. The summed E-state index contributed by atoms with van der Waals surface area (Å²) in [4.78, 5) is 6.19. The van der Waals surface area contributed by atoms with Gasteiger partial charge >= 0.3 is 0 Å². The topological polar surface area (TPSA) is 15.6 Å². The molecule has 2 nitrogen and oxygen atoms in total. The average Bonchev–Trinajstić information content (AvgIpc) is 1.85. The first kappa shape index (κ1) is 5.35. The molecule has 0 aromatic heterocycles. The zero-order valence-corrected chi connectivity index (χ0v) is 5.31. The Bertz CT molecular complexity index is 147. The molecule has 1 aliphatic heterocycles. The maximum absolute atomic E-state index is 4.12. The summed E-state index contributed by atoms with van der Waals surface area (Å²) in [5.41, 5.74) is 0.963. The van der Waals surface area contributed by atoms with Crippen LogP contribution in [0.3, 0.4) is 0 Å². The number of nitrogens with zero attached hydrogens (tertiary/aromatic N) is 2. The lowest BCUT2D eigenvalue weighted by molar-refractivity contribution is 0.575. The van der Waals surface area contributed by atoms with Gasteiger partial charge in [0.2, 0.25) is 0 Å². The molecule has 0 bridgehead atoms. The van der Waals surface area contributed by atoms with Gasteiger partial charge in [-0.2, -0.15) is 0 Å². The van der Waals surface area contributed by atoms with Crippen LogP contribution in [0.2, 0.25) is 0 Å². The summed E-state index contributed by atoms with van der Waals surface area (Å²) in [6.45, 7) is 6.60. The van der Waals surface area contributed by atoms with Gasteiger partial charge in [-0.15, -0.1) is 0 Å². The molecule has 0 aromatic carbocycles. The van der Waals surface area contributed by atoms with Crippen molar-refractivity contribution in [3.8, 4) is 0 Å². The predicted octanol–water partition coefficient (Wildman–Crippen LogP) is 0.864. The van der Waals surface area contributed by atoms with Gasteiger partial charge in [-0.05, 0) is 6.92 Å². The van der Waals surface area contributed by atoms with E-state index in [0.717, 1.165) is 18.1 Å². The first-order valence-electron chi connectivity index (χ1n) is 2.64. The van der Waals surface area contributed by atoms with Crippen molar-refractivity contribution in [2.75, 3.05) is 13.6 Å². The van der Waals surface area contributed by atoms with E-state index in [1.54, 1.807) is 0 Å². The van der Waals surface area contributed by atoms with E-state index in [4.69, 9.17) is 0 Å². The highest BCUT2D eigenvalue weighted by Crippen LogP contribution is 2.06. The number of hydrogen-bond acceptors (Lipinski definition) is 2. The maximum Gasteiger partial charge on any atom is 0.101 e. The fourth-order valence-corrected chi connectivity index (χ4v) is 0.738. The standard InChI is InChI=1S/C6H10N2/c1-5-4-8(3)6(2)7-5/h1,4H2,2-3H3. The van der Waals surface area contributed by atoms with E-state index >= 15 is 0 Å². The first-order valence-corrected chi connectivity index (χ1v) is 2.64. The highest BCUT2D eigenvalue weighted by molar-refractivity contribution is 5.82. The monoisotopic (exact) mass is 110 g/mol. The van der Waals surface area contributed by atoms with Crippen LogP contribution in [0, 0.1) is 0 Å². The molecule has 1 rings (SSSR count). The average molecular weight is 110 g/mol. The van der Waals surface area contributed by atoms with Crippen LogP contribution in [0.1, 0.15) is 6.92 Å². The lowest BCUT2D eigenvalue weighted by atomic mass is 10.5. The van der Waals surface area contributed by atoms with Gasteiger partial charge in [0.15, 0.2) is 0 Å². The summed E-state index contributed by atoms with van der Waals surface area (Å²) in [7, 11) is 2.01. The summed E-state index contributed by atoms with van der Waals surface area (Å²) in [5.74, 6) is 1.06. The largest absolute Gasteiger partial charge is 0.357 e. The van der Waals surface area contributed by atoms with Crippen molar-refractivity contribution in [2.45, 2.75) is 6.92 Å². The van der Waals surface area contributed by atoms with Crippen molar-refractivity contribution in [2.24, 2.45) is 4.99 Å². The van der Waals surface area contributed by atoms with Crippen LogP contribution in [-0.4, -0.2) is 24.3 Å². The second-order valence-electron chi connectivity index (χ2n) is 2.08. The third kappa shape index (κ3) is 0.735. The molecule has 0 aliphatic carbocycles. The number of likely N-dealkylation sites (N-methyl/N-ethyl adjacent to an activating group) is 1. The molecule has 0 amide bonds. The molecule has 0 aromatic rings. The maximum atomic E-state index is 4.12. The van der Waals surface area contributed by atoms with Crippen LogP contribution in [-0.2, 0) is 0 Å². The second kappa shape index (κ2) is 1.62. The van der Waals surface area contributed by atoms with Crippen molar-refractivity contribution < 1.29 is 0 Å². The third-order valence-corrected chi connectivity index (χ3v) is 1.29. The number of hydrogen-bond donors (Lipinski definition) is 0. The van der Waals surface area contributed by atoms with Crippen molar-refractivity contribution in [1.82, 2.24) is 4.90 Å². The van der Waals surface area contributed by atoms with Gasteiger partial charge in [0, 0.05) is 7.05 Å². The zero-order valence-electron chi connectivity index (χ0n) is 5.31. The van der Waals surface area contributed by atoms with Gasteiger partial charge < -0.3 is 4.90 Å². The normalized spacial score (nSPS) is 19.5. The molecule has 44 valence electrons. The molecule has 0 saturated carbocycles. The molecule has 1 aliphatic rings. The van der Waals surface area contributed by atoms with Crippen LogP contribution in [0.5, 0.6) is 0 Å². The van der Waals surface area contributed by atoms with Crippen LogP contribution in [0.4, 0.5) is 0 Å². The zero-order chi connectivity index (χ0) is 6.15. The minimum Gasteiger partial charge on any atom is -0.357 e. The van der Waals surface area contributed by atoms with E-state index in [0.29, 0.717) is 0 Å². The van der Waals surface area contributed by atoms with Crippen LogP contribution in [0.15, 0.2) is 17.3 Å². The minimum atomic E-state index is 0.895. The summed E-state index contributed by atoms with van der Waals surface area (Å²) in [6.07, 6.45) is 0. The van der Waals surface area contributed by atoms with Gasteiger partial charge in [0.05, 0.1) is 12.2 Å². The lowest BCUT2D eigenvalue weighted by Crippen LogP contribution is -2.18. The van der Waals surface area contributed by atoms with E-state index in [1.807, 2.05) is 14.0 Å². The van der Waals surface area contributed by atoms with Gasteiger partial charge in [0.1, 0.15) is 5.84 Å². The molecule has 0 saturated heterocycles. The van der Waals surface area contributed by atoms with Gasteiger partial charge in [0.25, 0.3) is 0 Å². The predicted molar refractivity (Wildman–Crippen MR) is 34.9 cm³/mol. The van der Waals surface area contributed by atoms with Crippen LogP contribution >= 0.6 is 0 Å². The van der Waals surface area contributed by atoms with E-state index in [-0.39, 0.29) is 0 Å². The van der Waals surface area contributed by atoms with Gasteiger partial charge in [-0.1, -0.05) is 6.58 Å². The number of rotatable bonds is 0. The van der Waals surface area contributed by atoms with E-state index in [2.05, 4.69) is 16.5 Å². The Morgan fingerprint density at radius 3 is 2.50 bits per heavy atom. The second-order valence-corrected chi connectivity index (χ2v) is 2.08. The summed E-state index contributed by atoms with van der Waals surface area (Å²) in [5, 5.41) is 0. The molecule has 2 heteroatoms. The van der Waals surface area contributed by atoms with Crippen LogP contribution in [0.25, 0.3) is 0 Å². The molecular weight excluding hydrogens is 100 g/mol. The van der Waals surface area contributed by atoms with Crippen molar-refractivity contribution >= 4 is 5.84 Å². The Labute approximate surface area is 49.5 Å². The van der Waals surface area contributed by atoms with Crippen molar-refractivity contribution in [3.63, 3.8) is 0 Å². The summed E-state index contributed by atoms with van der Waals surface area (Å²) < 4.78 is 0. The fraction of sp³-hybridized carbons (Fsp3) is 0.500. The molecule has 0 radical (unpaired) electrons. The Morgan fingerprint density at radius 2 is 2.38 bits per heavy atom. The lowest BCUT2D eigenvalue weighted by Gasteiger charge is -2.07. The third-order valence-electron chi connectivity index (χ3n) is 1.29.